The molecule has 0 radical (unpaired) electrons. The van der Waals surface area contributed by atoms with Crippen molar-refractivity contribution in [3.63, 3.8) is 0 Å². The SMILES string of the molecule is Cc1cc(C(C)C)n(C)c1C. The van der Waals surface area contributed by atoms with Crippen LogP contribution in [0.15, 0.2) is 6.07 Å². The Hall–Kier alpha value is -0.720. The standard InChI is InChI=1S/C10H17N/c1-7(2)10-6-8(3)9(4)11(10)5/h6-7H,1-5H3. The predicted molar refractivity (Wildman–Crippen MR) is 49.0 cm³/mol. The van der Waals surface area contributed by atoms with Crippen LogP contribution in [0.25, 0.3) is 0 Å². The fourth-order valence-corrected chi connectivity index (χ4v) is 1.44. The summed E-state index contributed by atoms with van der Waals surface area (Å²) in [4.78, 5) is 0. The highest BCUT2D eigenvalue weighted by atomic mass is 15.0. The average molecular weight is 151 g/mol. The van der Waals surface area contributed by atoms with E-state index in [-0.39, 0.29) is 0 Å². The zero-order valence-electron chi connectivity index (χ0n) is 8.10. The van der Waals surface area contributed by atoms with E-state index in [1.54, 1.807) is 0 Å². The Kier molecular flexibility index (Phi) is 2.08. The largest absolute Gasteiger partial charge is 0.351 e. The lowest BCUT2D eigenvalue weighted by molar-refractivity contribution is 0.726. The van der Waals surface area contributed by atoms with Gasteiger partial charge in [0.15, 0.2) is 0 Å². The summed E-state index contributed by atoms with van der Waals surface area (Å²) in [5, 5.41) is 0. The van der Waals surface area contributed by atoms with Crippen LogP contribution >= 0.6 is 0 Å². The van der Waals surface area contributed by atoms with E-state index in [0.29, 0.717) is 5.92 Å². The summed E-state index contributed by atoms with van der Waals surface area (Å²) in [7, 11) is 2.14. The minimum absolute atomic E-state index is 0.632. The lowest BCUT2D eigenvalue weighted by Crippen LogP contribution is -1.99. The second-order valence-electron chi connectivity index (χ2n) is 3.55. The van der Waals surface area contributed by atoms with E-state index in [2.05, 4.69) is 45.4 Å². The van der Waals surface area contributed by atoms with Gasteiger partial charge in [0, 0.05) is 18.4 Å². The summed E-state index contributed by atoms with van der Waals surface area (Å²) in [6.07, 6.45) is 0. The summed E-state index contributed by atoms with van der Waals surface area (Å²) < 4.78 is 2.28. The van der Waals surface area contributed by atoms with Crippen LogP contribution in [0, 0.1) is 13.8 Å². The van der Waals surface area contributed by atoms with Crippen LogP contribution in [0.3, 0.4) is 0 Å². The molecule has 11 heavy (non-hydrogen) atoms. The summed E-state index contributed by atoms with van der Waals surface area (Å²) in [6, 6.07) is 2.28. The topological polar surface area (TPSA) is 4.93 Å². The third-order valence-corrected chi connectivity index (χ3v) is 2.42. The Labute approximate surface area is 69.0 Å². The van der Waals surface area contributed by atoms with Gasteiger partial charge < -0.3 is 4.57 Å². The first-order chi connectivity index (χ1) is 5.04. The quantitative estimate of drug-likeness (QED) is 0.581. The summed E-state index contributed by atoms with van der Waals surface area (Å²) >= 11 is 0. The van der Waals surface area contributed by atoms with Crippen LogP contribution in [0.2, 0.25) is 0 Å². The molecule has 0 aromatic carbocycles. The van der Waals surface area contributed by atoms with Crippen molar-refractivity contribution in [2.75, 3.05) is 0 Å². The second-order valence-corrected chi connectivity index (χ2v) is 3.55. The number of rotatable bonds is 1. The van der Waals surface area contributed by atoms with Gasteiger partial charge in [0.1, 0.15) is 0 Å². The van der Waals surface area contributed by atoms with Gasteiger partial charge in [-0.25, -0.2) is 0 Å². The highest BCUT2D eigenvalue weighted by Gasteiger charge is 2.07. The van der Waals surface area contributed by atoms with E-state index >= 15 is 0 Å². The molecule has 0 saturated carbocycles. The third-order valence-electron chi connectivity index (χ3n) is 2.42. The Morgan fingerprint density at radius 1 is 1.27 bits per heavy atom. The number of hydrogen-bond donors (Lipinski definition) is 0. The molecule has 1 aromatic heterocycles. The van der Waals surface area contributed by atoms with Gasteiger partial charge in [-0.3, -0.25) is 0 Å². The summed E-state index contributed by atoms with van der Waals surface area (Å²) in [6.45, 7) is 8.80. The molecule has 1 nitrogen and oxygen atoms in total. The Balaban J connectivity index is 3.19. The molecule has 0 spiro atoms. The molecular formula is C10H17N. The smallest absolute Gasteiger partial charge is 0.0202 e. The molecule has 0 aliphatic rings. The van der Waals surface area contributed by atoms with E-state index in [1.807, 2.05) is 0 Å². The van der Waals surface area contributed by atoms with Crippen LogP contribution in [0.5, 0.6) is 0 Å². The fourth-order valence-electron chi connectivity index (χ4n) is 1.44. The van der Waals surface area contributed by atoms with Gasteiger partial charge >= 0.3 is 0 Å². The molecule has 0 unspecified atom stereocenters. The van der Waals surface area contributed by atoms with Gasteiger partial charge in [-0.05, 0) is 31.4 Å². The van der Waals surface area contributed by atoms with Gasteiger partial charge in [0.05, 0.1) is 0 Å². The minimum Gasteiger partial charge on any atom is -0.351 e. The minimum atomic E-state index is 0.632. The molecule has 1 rings (SSSR count). The van der Waals surface area contributed by atoms with Crippen molar-refractivity contribution in [1.82, 2.24) is 4.57 Å². The molecule has 0 atom stereocenters. The number of aryl methyl sites for hydroxylation is 1. The van der Waals surface area contributed by atoms with Crippen molar-refractivity contribution in [3.05, 3.63) is 23.0 Å². The van der Waals surface area contributed by atoms with Crippen LogP contribution in [-0.2, 0) is 7.05 Å². The summed E-state index contributed by atoms with van der Waals surface area (Å²) in [5.74, 6) is 0.632. The maximum absolute atomic E-state index is 2.28. The average Bonchev–Trinajstić information content (AvgIpc) is 2.17. The van der Waals surface area contributed by atoms with Crippen LogP contribution in [0.4, 0.5) is 0 Å². The first kappa shape index (κ1) is 8.38. The van der Waals surface area contributed by atoms with Crippen molar-refractivity contribution >= 4 is 0 Å². The number of nitrogens with zero attached hydrogens (tertiary/aromatic N) is 1. The second kappa shape index (κ2) is 2.72. The third kappa shape index (κ3) is 1.32. The molecule has 0 saturated heterocycles. The normalized spacial score (nSPS) is 11.1. The Morgan fingerprint density at radius 3 is 2.00 bits per heavy atom. The Morgan fingerprint density at radius 2 is 1.82 bits per heavy atom. The molecule has 0 bridgehead atoms. The molecular weight excluding hydrogens is 134 g/mol. The van der Waals surface area contributed by atoms with Crippen LogP contribution < -0.4 is 0 Å². The molecule has 0 amide bonds. The lowest BCUT2D eigenvalue weighted by atomic mass is 10.1. The highest BCUT2D eigenvalue weighted by Crippen LogP contribution is 2.19. The molecule has 62 valence electrons. The Bertz CT molecular complexity index is 256. The molecule has 1 heterocycles. The van der Waals surface area contributed by atoms with Crippen molar-refractivity contribution < 1.29 is 0 Å². The van der Waals surface area contributed by atoms with Gasteiger partial charge in [-0.15, -0.1) is 0 Å². The molecule has 0 aliphatic heterocycles. The molecule has 0 aliphatic carbocycles. The van der Waals surface area contributed by atoms with Gasteiger partial charge in [-0.2, -0.15) is 0 Å². The van der Waals surface area contributed by atoms with Gasteiger partial charge in [0.25, 0.3) is 0 Å². The van der Waals surface area contributed by atoms with Gasteiger partial charge in [0.2, 0.25) is 0 Å². The first-order valence-corrected chi connectivity index (χ1v) is 4.17. The first-order valence-electron chi connectivity index (χ1n) is 4.17. The zero-order valence-corrected chi connectivity index (χ0v) is 8.10. The number of hydrogen-bond acceptors (Lipinski definition) is 0. The van der Waals surface area contributed by atoms with E-state index in [9.17, 15) is 0 Å². The fraction of sp³-hybridized carbons (Fsp3) is 0.600. The zero-order chi connectivity index (χ0) is 8.59. The molecule has 1 heteroatoms. The molecule has 0 N–H and O–H groups in total. The van der Waals surface area contributed by atoms with E-state index < -0.39 is 0 Å². The van der Waals surface area contributed by atoms with Crippen LogP contribution in [0.1, 0.15) is 36.7 Å². The maximum atomic E-state index is 2.28. The monoisotopic (exact) mass is 151 g/mol. The van der Waals surface area contributed by atoms with Crippen molar-refractivity contribution in [1.29, 1.82) is 0 Å². The van der Waals surface area contributed by atoms with E-state index in [1.165, 1.54) is 17.0 Å². The predicted octanol–water partition coefficient (Wildman–Crippen LogP) is 2.77. The van der Waals surface area contributed by atoms with Gasteiger partial charge in [-0.1, -0.05) is 13.8 Å². The number of aromatic nitrogens is 1. The van der Waals surface area contributed by atoms with Crippen molar-refractivity contribution in [2.24, 2.45) is 7.05 Å². The van der Waals surface area contributed by atoms with E-state index in [0.717, 1.165) is 0 Å². The summed E-state index contributed by atoms with van der Waals surface area (Å²) in [5.41, 5.74) is 4.21. The van der Waals surface area contributed by atoms with E-state index in [4.69, 9.17) is 0 Å². The highest BCUT2D eigenvalue weighted by molar-refractivity contribution is 5.27. The maximum Gasteiger partial charge on any atom is 0.0202 e. The lowest BCUT2D eigenvalue weighted by Gasteiger charge is -2.07. The van der Waals surface area contributed by atoms with Crippen LogP contribution in [-0.4, -0.2) is 4.57 Å². The molecule has 0 fully saturated rings. The molecule has 1 aromatic rings. The van der Waals surface area contributed by atoms with Crippen molar-refractivity contribution in [2.45, 2.75) is 33.6 Å². The van der Waals surface area contributed by atoms with Crippen molar-refractivity contribution in [3.8, 4) is 0 Å².